The molecule has 0 bridgehead atoms. The number of hydrogen-bond donors (Lipinski definition) is 2. The Balaban J connectivity index is 1.65. The Hall–Kier alpha value is -2.09. The number of nitrogens with zero attached hydrogens (tertiary/aromatic N) is 4. The van der Waals surface area contributed by atoms with Gasteiger partial charge in [-0.05, 0) is 45.1 Å². The number of carbonyl (C=O) groups is 1. The molecule has 1 aromatic heterocycles. The monoisotopic (exact) mass is 390 g/mol. The van der Waals surface area contributed by atoms with Gasteiger partial charge in [0.2, 0.25) is 5.91 Å². The number of aryl methyl sites for hydroxylation is 1. The van der Waals surface area contributed by atoms with Crippen LogP contribution in [0.25, 0.3) is 0 Å². The van der Waals surface area contributed by atoms with Crippen molar-refractivity contribution >= 4 is 11.9 Å². The zero-order valence-electron chi connectivity index (χ0n) is 17.6. The minimum atomic E-state index is -0.00492. The van der Waals surface area contributed by atoms with Crippen LogP contribution in [0.4, 0.5) is 0 Å². The van der Waals surface area contributed by atoms with Crippen LogP contribution < -0.4 is 10.6 Å². The molecule has 2 N–H and O–H groups in total. The van der Waals surface area contributed by atoms with Gasteiger partial charge < -0.3 is 20.3 Å². The van der Waals surface area contributed by atoms with Crippen LogP contribution in [-0.4, -0.2) is 72.5 Å². The zero-order valence-corrected chi connectivity index (χ0v) is 17.6. The van der Waals surface area contributed by atoms with E-state index in [0.29, 0.717) is 12.1 Å². The molecule has 8 nitrogen and oxygen atoms in total. The Morgan fingerprint density at radius 2 is 2.00 bits per heavy atom. The number of fused-ring (bicyclic) bond motifs is 1. The number of rotatable bonds is 5. The molecule has 1 aliphatic heterocycles. The van der Waals surface area contributed by atoms with E-state index in [1.165, 1.54) is 11.3 Å². The Morgan fingerprint density at radius 1 is 1.29 bits per heavy atom. The highest BCUT2D eigenvalue weighted by Crippen LogP contribution is 2.21. The first-order valence-electron chi connectivity index (χ1n) is 10.3. The molecule has 1 unspecified atom stereocenters. The van der Waals surface area contributed by atoms with E-state index in [9.17, 15) is 4.79 Å². The molecular formula is C20H34N6O2. The second-order valence-electron chi connectivity index (χ2n) is 8.24. The van der Waals surface area contributed by atoms with E-state index in [1.54, 1.807) is 19.0 Å². The van der Waals surface area contributed by atoms with Gasteiger partial charge in [0.05, 0.1) is 5.69 Å². The van der Waals surface area contributed by atoms with Gasteiger partial charge >= 0.3 is 0 Å². The minimum Gasteiger partial charge on any atom is -0.381 e. The Labute approximate surface area is 167 Å². The average Bonchev–Trinajstić information content (AvgIpc) is 3.10. The predicted molar refractivity (Wildman–Crippen MR) is 110 cm³/mol. The maximum atomic E-state index is 12.0. The summed E-state index contributed by atoms with van der Waals surface area (Å²) in [6, 6.07) is 0.971. The average molecular weight is 391 g/mol. The number of carbonyl (C=O) groups excluding carboxylic acids is 1. The van der Waals surface area contributed by atoms with Crippen molar-refractivity contribution in [2.24, 2.45) is 4.99 Å². The van der Waals surface area contributed by atoms with Gasteiger partial charge in [0.1, 0.15) is 6.54 Å². The molecule has 0 spiro atoms. The molecule has 1 fully saturated rings. The minimum absolute atomic E-state index is 0.00492. The fourth-order valence-corrected chi connectivity index (χ4v) is 3.55. The highest BCUT2D eigenvalue weighted by Gasteiger charge is 2.24. The number of guanidine groups is 1. The van der Waals surface area contributed by atoms with Crippen LogP contribution >= 0.6 is 0 Å². The van der Waals surface area contributed by atoms with E-state index in [-0.39, 0.29) is 18.5 Å². The van der Waals surface area contributed by atoms with E-state index >= 15 is 0 Å². The maximum Gasteiger partial charge on any atom is 0.243 e. The molecule has 2 heterocycles. The summed E-state index contributed by atoms with van der Waals surface area (Å²) in [5.74, 6) is 0.716. The van der Waals surface area contributed by atoms with Gasteiger partial charge in [-0.3, -0.25) is 9.48 Å². The van der Waals surface area contributed by atoms with Crippen LogP contribution in [0.15, 0.2) is 11.2 Å². The molecule has 8 heteroatoms. The largest absolute Gasteiger partial charge is 0.381 e. The van der Waals surface area contributed by atoms with Crippen molar-refractivity contribution in [3.05, 3.63) is 17.5 Å². The van der Waals surface area contributed by atoms with Crippen LogP contribution in [0.3, 0.4) is 0 Å². The molecule has 0 saturated carbocycles. The van der Waals surface area contributed by atoms with Crippen LogP contribution in [0, 0.1) is 0 Å². The summed E-state index contributed by atoms with van der Waals surface area (Å²) < 4.78 is 7.50. The van der Waals surface area contributed by atoms with Crippen molar-refractivity contribution in [1.82, 2.24) is 25.3 Å². The van der Waals surface area contributed by atoms with Crippen molar-refractivity contribution in [3.8, 4) is 0 Å². The maximum absolute atomic E-state index is 12.0. The van der Waals surface area contributed by atoms with Crippen molar-refractivity contribution in [3.63, 3.8) is 0 Å². The lowest BCUT2D eigenvalue weighted by Crippen LogP contribution is -2.50. The van der Waals surface area contributed by atoms with Gasteiger partial charge in [-0.25, -0.2) is 4.99 Å². The molecule has 2 aliphatic rings. The summed E-state index contributed by atoms with van der Waals surface area (Å²) >= 11 is 0. The van der Waals surface area contributed by atoms with E-state index in [2.05, 4.69) is 40.4 Å². The molecule has 28 heavy (non-hydrogen) atoms. The molecule has 156 valence electrons. The topological polar surface area (TPSA) is 83.8 Å². The SMILES string of the molecule is CC(C)n1cc2c(n1)CC(NC(=NCC(=O)N(C)C)NC1CCOCC1)CC2. The van der Waals surface area contributed by atoms with Crippen LogP contribution in [0.2, 0.25) is 0 Å². The van der Waals surface area contributed by atoms with Gasteiger partial charge in [-0.2, -0.15) is 5.10 Å². The van der Waals surface area contributed by atoms with Gasteiger partial charge in [-0.15, -0.1) is 0 Å². The molecular weight excluding hydrogens is 356 g/mol. The third kappa shape index (κ3) is 5.47. The lowest BCUT2D eigenvalue weighted by Gasteiger charge is -2.29. The number of nitrogens with one attached hydrogen (secondary N) is 2. The number of amides is 1. The fraction of sp³-hybridized carbons (Fsp3) is 0.750. The zero-order chi connectivity index (χ0) is 20.1. The van der Waals surface area contributed by atoms with Gasteiger partial charge in [0.25, 0.3) is 0 Å². The molecule has 0 radical (unpaired) electrons. The van der Waals surface area contributed by atoms with Crippen molar-refractivity contribution in [2.45, 2.75) is 64.1 Å². The van der Waals surface area contributed by atoms with Crippen LogP contribution in [-0.2, 0) is 22.4 Å². The van der Waals surface area contributed by atoms with Crippen molar-refractivity contribution in [1.29, 1.82) is 0 Å². The first kappa shape index (κ1) is 20.6. The van der Waals surface area contributed by atoms with Crippen molar-refractivity contribution in [2.75, 3.05) is 33.9 Å². The van der Waals surface area contributed by atoms with Crippen LogP contribution in [0.5, 0.6) is 0 Å². The van der Waals surface area contributed by atoms with E-state index in [0.717, 1.165) is 51.3 Å². The summed E-state index contributed by atoms with van der Waals surface area (Å²) in [7, 11) is 3.51. The summed E-state index contributed by atoms with van der Waals surface area (Å²) in [5.41, 5.74) is 2.53. The summed E-state index contributed by atoms with van der Waals surface area (Å²) in [6.07, 6.45) is 7.02. The smallest absolute Gasteiger partial charge is 0.243 e. The Kier molecular flexibility index (Phi) is 6.93. The third-order valence-electron chi connectivity index (χ3n) is 5.40. The number of aromatic nitrogens is 2. The number of likely N-dealkylation sites (N-methyl/N-ethyl adjacent to an activating group) is 1. The highest BCUT2D eigenvalue weighted by atomic mass is 16.5. The van der Waals surface area contributed by atoms with E-state index < -0.39 is 0 Å². The predicted octanol–water partition coefficient (Wildman–Crippen LogP) is 1.12. The molecule has 1 saturated heterocycles. The van der Waals surface area contributed by atoms with Gasteiger partial charge in [0, 0.05) is 58.1 Å². The summed E-state index contributed by atoms with van der Waals surface area (Å²) in [5, 5.41) is 11.8. The van der Waals surface area contributed by atoms with Crippen molar-refractivity contribution < 1.29 is 9.53 Å². The molecule has 1 aliphatic carbocycles. The first-order valence-corrected chi connectivity index (χ1v) is 10.3. The number of ether oxygens (including phenoxy) is 1. The number of aliphatic imine (C=N–C) groups is 1. The quantitative estimate of drug-likeness (QED) is 0.582. The van der Waals surface area contributed by atoms with Gasteiger partial charge in [-0.1, -0.05) is 0 Å². The Bertz CT molecular complexity index is 691. The third-order valence-corrected chi connectivity index (χ3v) is 5.40. The highest BCUT2D eigenvalue weighted by molar-refractivity contribution is 5.85. The van der Waals surface area contributed by atoms with E-state index in [4.69, 9.17) is 9.84 Å². The van der Waals surface area contributed by atoms with Crippen LogP contribution in [0.1, 0.15) is 50.4 Å². The van der Waals surface area contributed by atoms with Gasteiger partial charge in [0.15, 0.2) is 5.96 Å². The molecule has 1 aromatic rings. The molecule has 3 rings (SSSR count). The first-order chi connectivity index (χ1) is 13.4. The Morgan fingerprint density at radius 3 is 2.68 bits per heavy atom. The lowest BCUT2D eigenvalue weighted by molar-refractivity contribution is -0.127. The second kappa shape index (κ2) is 9.41. The number of hydrogen-bond acceptors (Lipinski definition) is 4. The molecule has 1 amide bonds. The lowest BCUT2D eigenvalue weighted by atomic mass is 9.94. The summed E-state index contributed by atoms with van der Waals surface area (Å²) in [4.78, 5) is 18.1. The summed E-state index contributed by atoms with van der Waals surface area (Å²) in [6.45, 7) is 5.98. The standard InChI is InChI=1S/C20H34N6O2/c1-14(2)26-13-15-5-6-17(11-18(15)24-26)23-20(21-12-19(27)25(3)4)22-16-7-9-28-10-8-16/h13-14,16-17H,5-12H2,1-4H3,(H2,21,22,23). The molecule has 0 aromatic carbocycles. The van der Waals surface area contributed by atoms with E-state index in [1.807, 2.05) is 0 Å². The fourth-order valence-electron chi connectivity index (χ4n) is 3.55. The normalized spacial score (nSPS) is 20.8. The molecule has 1 atom stereocenters. The second-order valence-corrected chi connectivity index (χ2v) is 8.24.